The van der Waals surface area contributed by atoms with Crippen LogP contribution in [0, 0.1) is 5.92 Å². The van der Waals surface area contributed by atoms with Crippen LogP contribution in [-0.4, -0.2) is 227 Å². The number of amides is 7. The normalized spacial score (nSPS) is 27.6. The van der Waals surface area contributed by atoms with Crippen LogP contribution >= 0.6 is 30.8 Å². The summed E-state index contributed by atoms with van der Waals surface area (Å²) in [4.78, 5) is 139. The molecule has 24 N–H and O–H groups in total. The SMILES string of the molecule is [2H]N(CCCCCCCCCC)CCN[C@@]1(C)C[C@H](O[C@H]2[C@H](Oc3c4cc5cc3Oc3ccc(cc3Cl)[C@@H](O)[C@@H](NC(=O)[C@@H](CC(C)C)NC)C(=O)N[C@@H](CC(N)=O)C(=O)N[C@H]5C(=O)N[C@H]3C(=O)N[C@H](C(=O)N[C@H](C(=O)O)c5cc(O)c(C([2H])([2H])NC([2H])([2H])P(=O)(O)O)c(O)c5-c5cc3ccc5O)[C@H](O)c3ccc(c(Cl)c3)O4)O[C@H](CO)[C@@H](O)[C@@H]2O)O[C@@H](C)[C@H]1O. The van der Waals surface area contributed by atoms with Gasteiger partial charge in [0.05, 0.1) is 55.9 Å². The first-order valence-corrected chi connectivity index (χ1v) is 41.6. The number of unbranched alkanes of at least 4 members (excludes halogenated alkanes) is 7. The summed E-state index contributed by atoms with van der Waals surface area (Å²) >= 11 is 14.3. The number of carboxylic acid groups (broad SMARTS) is 1. The van der Waals surface area contributed by atoms with Crippen molar-refractivity contribution >= 4 is 78.1 Å². The van der Waals surface area contributed by atoms with Gasteiger partial charge in [-0.25, -0.2) is 4.79 Å². The van der Waals surface area contributed by atoms with Gasteiger partial charge in [0.25, 0.3) is 0 Å². The number of phenols is 3. The van der Waals surface area contributed by atoms with Crippen LogP contribution in [-0.2, 0) is 63.6 Å². The molecule has 0 aromatic heterocycles. The maximum atomic E-state index is 16.4. The van der Waals surface area contributed by atoms with Gasteiger partial charge in [0.2, 0.25) is 53.4 Å². The summed E-state index contributed by atoms with van der Waals surface area (Å²) in [5.74, 6) is -19.5. The van der Waals surface area contributed by atoms with Crippen molar-refractivity contribution < 1.29 is 139 Å². The van der Waals surface area contributed by atoms with E-state index in [9.17, 15) is 79.8 Å². The molecule has 7 heterocycles. The number of nitrogens with two attached hydrogens (primary N) is 1. The van der Waals surface area contributed by atoms with Crippen molar-refractivity contribution in [2.24, 2.45) is 11.7 Å². The molecule has 18 atom stereocenters. The number of carbonyl (C=O) groups is 8. The molecule has 7 aliphatic heterocycles. The molecule has 5 aromatic rings. The number of aromatic hydroxyl groups is 3. The third-order valence-corrected chi connectivity index (χ3v) is 22.3. The maximum absolute atomic E-state index is 16.4. The van der Waals surface area contributed by atoms with Gasteiger partial charge in [-0.1, -0.05) is 107 Å². The Morgan fingerprint density at radius 1 is 0.727 bits per heavy atom. The van der Waals surface area contributed by atoms with Gasteiger partial charge >= 0.3 is 13.6 Å². The van der Waals surface area contributed by atoms with Crippen LogP contribution in [0.4, 0.5) is 0 Å². The molecule has 121 heavy (non-hydrogen) atoms. The summed E-state index contributed by atoms with van der Waals surface area (Å²) < 4.78 is 94.1. The summed E-state index contributed by atoms with van der Waals surface area (Å²) in [6.45, 7) is 4.94. The third kappa shape index (κ3) is 23.0. The molecule has 38 nitrogen and oxygen atoms in total. The first-order valence-electron chi connectivity index (χ1n) is 41.7. The van der Waals surface area contributed by atoms with Gasteiger partial charge in [-0.2, -0.15) is 0 Å². The van der Waals surface area contributed by atoms with Crippen molar-refractivity contribution in [1.29, 1.82) is 0 Å². The maximum Gasteiger partial charge on any atom is 0.339 e. The van der Waals surface area contributed by atoms with Crippen molar-refractivity contribution in [2.45, 2.75) is 221 Å². The molecule has 7 amide bonds. The number of aliphatic hydroxyl groups is 6. The highest BCUT2D eigenvalue weighted by atomic mass is 35.5. The van der Waals surface area contributed by atoms with E-state index >= 15 is 24.0 Å². The predicted octanol–water partition coefficient (Wildman–Crippen LogP) is 2.69. The highest BCUT2D eigenvalue weighted by Gasteiger charge is 2.52. The van der Waals surface area contributed by atoms with Crippen molar-refractivity contribution in [3.63, 3.8) is 0 Å². The molecule has 662 valence electrons. The number of likely N-dealkylation sites (N-methyl/N-ethyl adjacent to an activating group) is 1. The quantitative estimate of drug-likeness (QED) is 0.0232. The summed E-state index contributed by atoms with van der Waals surface area (Å²) in [5.41, 5.74) is -1.82. The molecular formula is C80H106Cl2N11O27P. The van der Waals surface area contributed by atoms with E-state index in [2.05, 4.69) is 49.5 Å². The van der Waals surface area contributed by atoms with Crippen molar-refractivity contribution in [3.05, 3.63) is 116 Å². The Morgan fingerprint density at radius 3 is 1.94 bits per heavy atom. The summed E-state index contributed by atoms with van der Waals surface area (Å²) in [5, 5.41) is 141. The van der Waals surface area contributed by atoms with Crippen molar-refractivity contribution in [1.82, 2.24) is 53.2 Å². The topological polar surface area (TPSA) is 598 Å². The number of hydrogen-bond acceptors (Lipinski definition) is 28. The van der Waals surface area contributed by atoms with E-state index in [1.165, 1.54) is 43.5 Å². The highest BCUT2D eigenvalue weighted by Crippen LogP contribution is 2.51. The van der Waals surface area contributed by atoms with Crippen LogP contribution in [0.3, 0.4) is 0 Å². The number of halogens is 2. The molecule has 0 aliphatic carbocycles. The number of ether oxygens (including phenoxy) is 6. The highest BCUT2D eigenvalue weighted by molar-refractivity contribution is 7.51. The standard InChI is InChI=1S/C80H106Cl2N11O27P/c1-7-8-9-10-11-12-13-14-21-85-22-23-87-80(5)32-57(115-37(4)71(80)103)119-70-68(102)67(101)55(34-94)118-79(70)120-69-53-28-41-29-54(69)117-52-20-17-40(27-46(52)82)65(99)63-77(109)91-61(78(110)111)43-30-50(96)44(33-86-35-121(112,113)114)66(100)58(43)42-25-38(15-18-49(42)95)59(74(106)93-63)90-75(107)60(41)89-73(105)48(31-56(83)97)88-76(108)62(92-72(104)47(84-6)24-36(2)3)64(98)39-16-19-51(116-53)45(81)26-39/h15-20,25-30,36-37,47-48,55,57,59-65,67-68,70-71,79,84-87,94-96,98-103H,7-14,21-24,31-35H2,1-6H3,(H2,83,97)(H,88,108)(H,89,105)(H,90,107)(H,91,109)(H,92,104)(H,93,106)(H,110,111)(H2,112,113,114)/t37-,47+,48-,55+,57-,59+,60+,61-,62+,63-,64+,65+,67+,68-,70+,71+,79-,80-/m0/s1/i33D2,35D2/hD. The van der Waals surface area contributed by atoms with E-state index in [1.54, 1.807) is 20.8 Å². The molecule has 0 unspecified atom stereocenters. The number of phenolic OH excluding ortho intramolecular Hbond substituents is 3. The number of primary amides is 1. The lowest BCUT2D eigenvalue weighted by atomic mass is 9.85. The summed E-state index contributed by atoms with van der Waals surface area (Å²) in [6, 6.07) is -4.38. The van der Waals surface area contributed by atoms with Gasteiger partial charge in [0.1, 0.15) is 90.9 Å². The number of carboxylic acids is 1. The summed E-state index contributed by atoms with van der Waals surface area (Å²) in [7, 11) is -4.60. The van der Waals surface area contributed by atoms with Gasteiger partial charge in [0.15, 0.2) is 29.9 Å². The van der Waals surface area contributed by atoms with E-state index in [1.807, 2.05) is 0 Å². The first-order chi connectivity index (χ1) is 59.2. The number of aliphatic carboxylic acids is 1. The molecule has 41 heteroatoms. The second kappa shape index (κ2) is 41.4. The fraction of sp³-hybridized carbons (Fsp3) is 0.525. The van der Waals surface area contributed by atoms with E-state index in [0.29, 0.717) is 12.6 Å². The van der Waals surface area contributed by atoms with E-state index in [-0.39, 0.29) is 37.4 Å². The van der Waals surface area contributed by atoms with Gasteiger partial charge in [-0.3, -0.25) is 38.1 Å². The van der Waals surface area contributed by atoms with E-state index in [0.717, 1.165) is 99.2 Å². The fourth-order valence-corrected chi connectivity index (χ4v) is 15.5. The van der Waals surface area contributed by atoms with Crippen LogP contribution in [0.15, 0.2) is 72.8 Å². The molecule has 12 rings (SSSR count). The lowest BCUT2D eigenvalue weighted by Crippen LogP contribution is -2.65. The Morgan fingerprint density at radius 2 is 1.34 bits per heavy atom. The molecule has 0 spiro atoms. The second-order valence-electron chi connectivity index (χ2n) is 30.8. The average Bonchev–Trinajstić information content (AvgIpc) is 0.736. The van der Waals surface area contributed by atoms with E-state index in [4.69, 9.17) is 64.3 Å². The lowest BCUT2D eigenvalue weighted by molar-refractivity contribution is -0.334. The lowest BCUT2D eigenvalue weighted by Gasteiger charge is -2.48. The number of benzene rings is 5. The monoisotopic (exact) mass is 1760 g/mol. The van der Waals surface area contributed by atoms with Crippen LogP contribution in [0.1, 0.15) is 174 Å². The third-order valence-electron chi connectivity index (χ3n) is 21.3. The largest absolute Gasteiger partial charge is 0.507 e. The number of rotatable bonds is 30. The van der Waals surface area contributed by atoms with Crippen molar-refractivity contribution in [2.75, 3.05) is 39.5 Å². The van der Waals surface area contributed by atoms with Crippen molar-refractivity contribution in [3.8, 4) is 57.1 Å². The fourth-order valence-electron chi connectivity index (χ4n) is 14.8. The number of aliphatic hydroxyl groups excluding tert-OH is 6. The zero-order valence-electron chi connectivity index (χ0n) is 71.6. The Bertz CT molecular complexity index is 4900. The smallest absolute Gasteiger partial charge is 0.339 e. The Balaban J connectivity index is 1.19. The number of fused-ring (bicyclic) bond motifs is 15. The predicted molar refractivity (Wildman–Crippen MR) is 432 cm³/mol. The van der Waals surface area contributed by atoms with Gasteiger partial charge in [-0.05, 0) is 123 Å². The van der Waals surface area contributed by atoms with Crippen LogP contribution < -0.4 is 73.1 Å². The Labute approximate surface area is 712 Å². The zero-order chi connectivity index (χ0) is 92.7. The van der Waals surface area contributed by atoms with E-state index < -0.39 is 285 Å². The van der Waals surface area contributed by atoms with Crippen LogP contribution in [0.25, 0.3) is 11.1 Å². The zero-order valence-corrected chi connectivity index (χ0v) is 69.1. The summed E-state index contributed by atoms with van der Waals surface area (Å²) in [6.07, 6.45) is -15.0. The molecule has 7 aliphatic rings. The minimum absolute atomic E-state index is 0.152. The van der Waals surface area contributed by atoms with Crippen LogP contribution in [0.5, 0.6) is 46.0 Å². The number of hydrogen-bond donors (Lipinski definition) is 23. The molecule has 5 aromatic carbocycles. The Kier molecular flexibility index (Phi) is 29.7. The molecule has 0 radical (unpaired) electrons. The van der Waals surface area contributed by atoms with Gasteiger partial charge in [-0.15, -0.1) is 0 Å². The molecular weight excluding hydrogens is 1650 g/mol. The van der Waals surface area contributed by atoms with Crippen LogP contribution in [0.2, 0.25) is 11.5 Å². The second-order valence-corrected chi connectivity index (χ2v) is 32.9. The molecule has 2 fully saturated rings. The minimum atomic E-state index is -6.04. The minimum Gasteiger partial charge on any atom is -0.507 e. The first kappa shape index (κ1) is 86.8. The molecule has 11 bridgehead atoms. The average molecular weight is 1760 g/mol. The Hall–Kier alpha value is -9.13. The van der Waals surface area contributed by atoms with Gasteiger partial charge in [0, 0.05) is 51.0 Å². The number of carbonyl (C=O) groups excluding carboxylic acids is 7. The number of nitrogens with one attached hydrogen (secondary N) is 10. The molecule has 0 saturated carbocycles. The van der Waals surface area contributed by atoms with Gasteiger partial charge < -0.3 is 148 Å². The molecule has 2 saturated heterocycles.